The topological polar surface area (TPSA) is 43.9 Å². The van der Waals surface area contributed by atoms with Gasteiger partial charge >= 0.3 is 0 Å². The number of fused-ring (bicyclic) bond motifs is 18. The van der Waals surface area contributed by atoms with E-state index in [9.17, 15) is 0 Å². The summed E-state index contributed by atoms with van der Waals surface area (Å²) in [5.74, 6) is 0.658. The molecule has 0 saturated heterocycles. The number of nitrogens with zero attached hydrogens (tertiary/aromatic N) is 3. The van der Waals surface area contributed by atoms with Gasteiger partial charge in [0.2, 0.25) is 5.95 Å². The zero-order valence-electron chi connectivity index (χ0n) is 29.2. The van der Waals surface area contributed by atoms with E-state index in [4.69, 9.17) is 14.4 Å². The van der Waals surface area contributed by atoms with Crippen molar-refractivity contribution in [2.45, 2.75) is 0 Å². The highest BCUT2D eigenvalue weighted by Gasteiger charge is 2.24. The molecule has 4 nitrogen and oxygen atoms in total. The fourth-order valence-corrected chi connectivity index (χ4v) is 10.3. The summed E-state index contributed by atoms with van der Waals surface area (Å²) >= 11 is 1.73. The van der Waals surface area contributed by atoms with Gasteiger partial charge in [0.25, 0.3) is 0 Å². The Balaban J connectivity index is 1.21. The third kappa shape index (κ3) is 3.94. The van der Waals surface area contributed by atoms with Gasteiger partial charge in [-0.05, 0) is 80.2 Å². The Morgan fingerprint density at radius 2 is 1.04 bits per heavy atom. The van der Waals surface area contributed by atoms with Crippen molar-refractivity contribution in [3.05, 3.63) is 164 Å². The highest BCUT2D eigenvalue weighted by atomic mass is 32.1. The lowest BCUT2D eigenvalue weighted by Gasteiger charge is -2.13. The molecule has 13 rings (SSSR count). The van der Waals surface area contributed by atoms with E-state index in [1.54, 1.807) is 11.3 Å². The lowest BCUT2D eigenvalue weighted by Crippen LogP contribution is -2.02. The van der Waals surface area contributed by atoms with E-state index in [2.05, 4.69) is 156 Å². The molecule has 0 saturated carbocycles. The number of thiophene rings is 1. The molecular weight excluding hydrogens is 691 g/mol. The second-order valence-electron chi connectivity index (χ2n) is 14.4. The van der Waals surface area contributed by atoms with E-state index >= 15 is 0 Å². The molecule has 0 N–H and O–H groups in total. The molecule has 13 aromatic rings. The van der Waals surface area contributed by atoms with Gasteiger partial charge in [-0.25, -0.2) is 9.97 Å². The highest BCUT2D eigenvalue weighted by molar-refractivity contribution is 7.25. The summed E-state index contributed by atoms with van der Waals surface area (Å²) in [5, 5.41) is 16.8. The first-order valence-electron chi connectivity index (χ1n) is 18.6. The SMILES string of the molecule is c1ccc2c(c1)ccc1c2c2c3c4ccccc4c4ccccc4c3ccc2n1-c1nc(-c2ccc3oc4ccccc4c3c2)c2c(n1)sc1ccccc12. The van der Waals surface area contributed by atoms with Crippen LogP contribution >= 0.6 is 11.3 Å². The third-order valence-electron chi connectivity index (χ3n) is 11.6. The summed E-state index contributed by atoms with van der Waals surface area (Å²) < 4.78 is 9.76. The molecule has 0 radical (unpaired) electrons. The van der Waals surface area contributed by atoms with Crippen molar-refractivity contribution in [3.8, 4) is 17.2 Å². The van der Waals surface area contributed by atoms with Crippen molar-refractivity contribution in [2.75, 3.05) is 0 Å². The monoisotopic (exact) mass is 717 g/mol. The second-order valence-corrected chi connectivity index (χ2v) is 15.5. The van der Waals surface area contributed by atoms with Gasteiger partial charge in [-0.3, -0.25) is 4.57 Å². The molecule has 4 heterocycles. The van der Waals surface area contributed by atoms with Crippen molar-refractivity contribution in [1.82, 2.24) is 14.5 Å². The zero-order valence-corrected chi connectivity index (χ0v) is 30.1. The lowest BCUT2D eigenvalue weighted by atomic mass is 9.91. The van der Waals surface area contributed by atoms with Crippen LogP contribution in [0.2, 0.25) is 0 Å². The van der Waals surface area contributed by atoms with Gasteiger partial charge < -0.3 is 4.42 Å². The Morgan fingerprint density at radius 1 is 0.418 bits per heavy atom. The van der Waals surface area contributed by atoms with Crippen molar-refractivity contribution in [2.24, 2.45) is 0 Å². The second kappa shape index (κ2) is 10.8. The number of rotatable bonds is 2. The van der Waals surface area contributed by atoms with Gasteiger partial charge in [0.15, 0.2) is 0 Å². The number of aromatic nitrogens is 3. The van der Waals surface area contributed by atoms with Crippen LogP contribution in [-0.4, -0.2) is 14.5 Å². The van der Waals surface area contributed by atoms with E-state index in [1.165, 1.54) is 63.9 Å². The minimum Gasteiger partial charge on any atom is -0.456 e. The summed E-state index contributed by atoms with van der Waals surface area (Å²) in [6.45, 7) is 0. The van der Waals surface area contributed by atoms with Crippen molar-refractivity contribution >= 4 is 118 Å². The van der Waals surface area contributed by atoms with Crippen LogP contribution in [0.5, 0.6) is 0 Å². The smallest absolute Gasteiger partial charge is 0.236 e. The summed E-state index contributed by atoms with van der Waals surface area (Å²) in [6.07, 6.45) is 0. The van der Waals surface area contributed by atoms with Gasteiger partial charge in [-0.1, -0.05) is 121 Å². The van der Waals surface area contributed by atoms with E-state index in [0.717, 1.165) is 54.4 Å². The molecule has 0 fully saturated rings. The van der Waals surface area contributed by atoms with Gasteiger partial charge in [0.05, 0.1) is 16.7 Å². The van der Waals surface area contributed by atoms with Crippen LogP contribution in [0, 0.1) is 0 Å². The van der Waals surface area contributed by atoms with Gasteiger partial charge in [-0.15, -0.1) is 11.3 Å². The first-order chi connectivity index (χ1) is 27.3. The van der Waals surface area contributed by atoms with Crippen molar-refractivity contribution in [1.29, 1.82) is 0 Å². The number of hydrogen-bond donors (Lipinski definition) is 0. The predicted octanol–water partition coefficient (Wildman–Crippen LogP) is 14.1. The lowest BCUT2D eigenvalue weighted by molar-refractivity contribution is 0.669. The highest BCUT2D eigenvalue weighted by Crippen LogP contribution is 2.46. The zero-order chi connectivity index (χ0) is 35.8. The van der Waals surface area contributed by atoms with Crippen LogP contribution in [0.1, 0.15) is 0 Å². The van der Waals surface area contributed by atoms with Crippen LogP contribution in [0.25, 0.3) is 124 Å². The molecule has 0 aliphatic rings. The van der Waals surface area contributed by atoms with E-state index in [0.29, 0.717) is 5.95 Å². The van der Waals surface area contributed by atoms with Crippen LogP contribution < -0.4 is 0 Å². The Bertz CT molecular complexity index is 3760. The molecule has 0 spiro atoms. The number of hydrogen-bond acceptors (Lipinski definition) is 4. The van der Waals surface area contributed by atoms with Crippen LogP contribution in [0.3, 0.4) is 0 Å². The number of para-hydroxylation sites is 1. The minimum atomic E-state index is 0.658. The third-order valence-corrected chi connectivity index (χ3v) is 12.7. The van der Waals surface area contributed by atoms with Crippen LogP contribution in [-0.2, 0) is 0 Å². The average Bonchev–Trinajstić information content (AvgIpc) is 3.92. The molecule has 0 aliphatic carbocycles. The number of furan rings is 1. The summed E-state index contributed by atoms with van der Waals surface area (Å²) in [7, 11) is 0. The Kier molecular flexibility index (Phi) is 5.74. The molecule has 5 heteroatoms. The first-order valence-corrected chi connectivity index (χ1v) is 19.4. The van der Waals surface area contributed by atoms with Crippen molar-refractivity contribution in [3.63, 3.8) is 0 Å². The molecule has 0 unspecified atom stereocenters. The molecule has 0 aliphatic heterocycles. The average molecular weight is 718 g/mol. The van der Waals surface area contributed by atoms with Gasteiger partial charge in [0, 0.05) is 48.0 Å². The largest absolute Gasteiger partial charge is 0.456 e. The quantitative estimate of drug-likeness (QED) is 0.167. The summed E-state index contributed by atoms with van der Waals surface area (Å²) in [6, 6.07) is 58.8. The molecule has 4 aromatic heterocycles. The van der Waals surface area contributed by atoms with Gasteiger partial charge in [-0.2, -0.15) is 0 Å². The molecule has 0 amide bonds. The fourth-order valence-electron chi connectivity index (χ4n) is 9.27. The minimum absolute atomic E-state index is 0.658. The van der Waals surface area contributed by atoms with Crippen molar-refractivity contribution < 1.29 is 4.42 Å². The maximum atomic E-state index is 6.26. The molecule has 254 valence electrons. The Morgan fingerprint density at radius 3 is 1.87 bits per heavy atom. The van der Waals surface area contributed by atoms with E-state index in [-0.39, 0.29) is 0 Å². The fraction of sp³-hybridized carbons (Fsp3) is 0. The summed E-state index contributed by atoms with van der Waals surface area (Å²) in [4.78, 5) is 12.0. The normalized spacial score (nSPS) is 12.4. The number of benzene rings is 9. The molecule has 9 aromatic carbocycles. The Labute approximate surface area is 317 Å². The van der Waals surface area contributed by atoms with E-state index in [1.807, 2.05) is 12.1 Å². The maximum Gasteiger partial charge on any atom is 0.236 e. The standard InChI is InChI=1S/C50H27N3OS/c1-2-12-30-28(11-1)21-24-39-45(30)47-40(25-23-36-33-15-4-3-13-31(33)32-14-5-6-17-35(32)44(36)47)53(39)50-51-48(46-37-18-8-10-20-43(37)55-49(46)52-50)29-22-26-42-38(27-29)34-16-7-9-19-41(34)54-42/h1-27H. The predicted molar refractivity (Wildman–Crippen MR) is 232 cm³/mol. The van der Waals surface area contributed by atoms with E-state index < -0.39 is 0 Å². The van der Waals surface area contributed by atoms with Crippen LogP contribution in [0.4, 0.5) is 0 Å². The van der Waals surface area contributed by atoms with Crippen LogP contribution in [0.15, 0.2) is 168 Å². The molecular formula is C50H27N3OS. The first kappa shape index (κ1) is 29.4. The Hall–Kier alpha value is -7.08. The summed E-state index contributed by atoms with van der Waals surface area (Å²) in [5.41, 5.74) is 5.87. The maximum absolute atomic E-state index is 6.26. The molecule has 0 bridgehead atoms. The molecule has 55 heavy (non-hydrogen) atoms. The molecule has 0 atom stereocenters. The van der Waals surface area contributed by atoms with Gasteiger partial charge in [0.1, 0.15) is 16.0 Å².